The fraction of sp³-hybridized carbons (Fsp3) is 0.550. The van der Waals surface area contributed by atoms with Crippen LogP contribution in [0.25, 0.3) is 0 Å². The molecule has 0 radical (unpaired) electrons. The molecule has 0 saturated carbocycles. The zero-order chi connectivity index (χ0) is 20.7. The van der Waals surface area contributed by atoms with E-state index in [1.807, 2.05) is 6.08 Å². The third-order valence-corrected chi connectivity index (χ3v) is 4.68. The Kier molecular flexibility index (Phi) is 5.44. The predicted octanol–water partition coefficient (Wildman–Crippen LogP) is 4.72. The topological polar surface area (TPSA) is 38.8 Å². The van der Waals surface area contributed by atoms with Crippen molar-refractivity contribution in [1.82, 2.24) is 4.90 Å². The maximum absolute atomic E-state index is 14.2. The van der Waals surface area contributed by atoms with E-state index < -0.39 is 29.3 Å². The molecule has 1 fully saturated rings. The number of rotatable bonds is 2. The second-order valence-corrected chi connectivity index (χ2v) is 8.16. The molecule has 1 amide bonds. The van der Waals surface area contributed by atoms with E-state index in [9.17, 15) is 22.4 Å². The standard InChI is InChI=1S/C20H23F4NO3/c1-19(2,3)28-18(26)25-15-7-12(8-16(25)11-27-10-15)6-13-4-5-14(9-17(13)21)20(22,23)24/h4-5,7,9,15-16H,6,8,10-11H2,1-3H3. The first-order valence-corrected chi connectivity index (χ1v) is 9.08. The highest BCUT2D eigenvalue weighted by Crippen LogP contribution is 2.33. The molecule has 2 aliphatic heterocycles. The van der Waals surface area contributed by atoms with Gasteiger partial charge in [0.15, 0.2) is 0 Å². The Morgan fingerprint density at radius 3 is 2.54 bits per heavy atom. The van der Waals surface area contributed by atoms with E-state index in [2.05, 4.69) is 0 Å². The molecule has 154 valence electrons. The molecule has 0 aliphatic carbocycles. The summed E-state index contributed by atoms with van der Waals surface area (Å²) >= 11 is 0. The molecular weight excluding hydrogens is 378 g/mol. The Labute approximate surface area is 161 Å². The first kappa shape index (κ1) is 20.6. The molecule has 0 aromatic heterocycles. The minimum Gasteiger partial charge on any atom is -0.444 e. The van der Waals surface area contributed by atoms with E-state index in [-0.39, 0.29) is 24.1 Å². The molecule has 4 nitrogen and oxygen atoms in total. The average molecular weight is 401 g/mol. The van der Waals surface area contributed by atoms with Gasteiger partial charge in [-0.2, -0.15) is 13.2 Å². The van der Waals surface area contributed by atoms with Gasteiger partial charge in [-0.3, -0.25) is 4.90 Å². The first-order chi connectivity index (χ1) is 12.9. The van der Waals surface area contributed by atoms with Crippen molar-refractivity contribution < 1.29 is 31.8 Å². The number of ether oxygens (including phenoxy) is 2. The average Bonchev–Trinajstić information content (AvgIpc) is 2.53. The van der Waals surface area contributed by atoms with E-state index in [1.54, 1.807) is 25.7 Å². The lowest BCUT2D eigenvalue weighted by molar-refractivity contribution is -0.137. The van der Waals surface area contributed by atoms with E-state index in [4.69, 9.17) is 9.47 Å². The highest BCUT2D eigenvalue weighted by molar-refractivity contribution is 5.70. The van der Waals surface area contributed by atoms with Crippen molar-refractivity contribution in [3.63, 3.8) is 0 Å². The third kappa shape index (κ3) is 4.66. The lowest BCUT2D eigenvalue weighted by Gasteiger charge is -2.44. The number of hydrogen-bond acceptors (Lipinski definition) is 3. The number of amides is 1. The second kappa shape index (κ2) is 7.39. The smallest absolute Gasteiger partial charge is 0.416 e. The van der Waals surface area contributed by atoms with Gasteiger partial charge < -0.3 is 9.47 Å². The van der Waals surface area contributed by atoms with Crippen LogP contribution in [0.3, 0.4) is 0 Å². The summed E-state index contributed by atoms with van der Waals surface area (Å²) in [6, 6.07) is 2.00. The van der Waals surface area contributed by atoms with Gasteiger partial charge >= 0.3 is 12.3 Å². The largest absolute Gasteiger partial charge is 0.444 e. The highest BCUT2D eigenvalue weighted by atomic mass is 19.4. The SMILES string of the molecule is CC(C)(C)OC(=O)N1C2C=C(Cc3ccc(C(F)(F)F)cc3F)CC1COC2. The van der Waals surface area contributed by atoms with E-state index in [1.165, 1.54) is 6.07 Å². The summed E-state index contributed by atoms with van der Waals surface area (Å²) < 4.78 is 63.3. The van der Waals surface area contributed by atoms with Gasteiger partial charge in [-0.25, -0.2) is 9.18 Å². The van der Waals surface area contributed by atoms with Crippen LogP contribution in [-0.4, -0.2) is 41.9 Å². The van der Waals surface area contributed by atoms with Gasteiger partial charge in [-0.15, -0.1) is 0 Å². The molecule has 3 rings (SSSR count). The van der Waals surface area contributed by atoms with Crippen molar-refractivity contribution in [3.05, 3.63) is 46.8 Å². The van der Waals surface area contributed by atoms with Crippen LogP contribution in [0.1, 0.15) is 38.3 Å². The maximum atomic E-state index is 14.2. The van der Waals surface area contributed by atoms with Crippen LogP contribution in [-0.2, 0) is 22.1 Å². The number of carbonyl (C=O) groups is 1. The quantitative estimate of drug-likeness (QED) is 0.532. The number of nitrogens with zero attached hydrogens (tertiary/aromatic N) is 1. The Hall–Kier alpha value is -2.09. The van der Waals surface area contributed by atoms with Crippen molar-refractivity contribution in [2.45, 2.75) is 57.5 Å². The van der Waals surface area contributed by atoms with Gasteiger partial charge in [0.25, 0.3) is 0 Å². The molecule has 1 aromatic rings. The van der Waals surface area contributed by atoms with Gasteiger partial charge in [-0.1, -0.05) is 17.7 Å². The molecule has 2 unspecified atom stereocenters. The summed E-state index contributed by atoms with van der Waals surface area (Å²) in [5.41, 5.74) is -0.562. The van der Waals surface area contributed by atoms with Gasteiger partial charge in [0.05, 0.1) is 30.9 Å². The molecule has 0 N–H and O–H groups in total. The van der Waals surface area contributed by atoms with Crippen LogP contribution in [0.4, 0.5) is 22.4 Å². The molecule has 28 heavy (non-hydrogen) atoms. The lowest BCUT2D eigenvalue weighted by Crippen LogP contribution is -2.57. The van der Waals surface area contributed by atoms with Gasteiger partial charge in [0.2, 0.25) is 0 Å². The van der Waals surface area contributed by atoms with Crippen LogP contribution in [0.2, 0.25) is 0 Å². The minimum absolute atomic E-state index is 0.194. The highest BCUT2D eigenvalue weighted by Gasteiger charge is 2.40. The normalized spacial score (nSPS) is 22.7. The number of carbonyl (C=O) groups excluding carboxylic acids is 1. The van der Waals surface area contributed by atoms with Gasteiger partial charge in [-0.05, 0) is 51.3 Å². The van der Waals surface area contributed by atoms with E-state index >= 15 is 0 Å². The monoisotopic (exact) mass is 401 g/mol. The number of alkyl halides is 3. The molecular formula is C20H23F4NO3. The van der Waals surface area contributed by atoms with E-state index in [0.29, 0.717) is 25.7 Å². The fourth-order valence-electron chi connectivity index (χ4n) is 3.53. The fourth-order valence-corrected chi connectivity index (χ4v) is 3.53. The number of halogens is 4. The molecule has 2 bridgehead atoms. The third-order valence-electron chi connectivity index (χ3n) is 4.68. The molecule has 2 aliphatic rings. The Balaban J connectivity index is 1.77. The molecule has 2 atom stereocenters. The number of benzene rings is 1. The Bertz CT molecular complexity index is 783. The Morgan fingerprint density at radius 1 is 1.25 bits per heavy atom. The summed E-state index contributed by atoms with van der Waals surface area (Å²) in [6.45, 7) is 6.00. The molecule has 8 heteroatoms. The summed E-state index contributed by atoms with van der Waals surface area (Å²) in [5.74, 6) is -0.883. The van der Waals surface area contributed by atoms with Gasteiger partial charge in [0, 0.05) is 0 Å². The summed E-state index contributed by atoms with van der Waals surface area (Å²) in [5, 5.41) is 0. The summed E-state index contributed by atoms with van der Waals surface area (Å²) in [7, 11) is 0. The summed E-state index contributed by atoms with van der Waals surface area (Å²) in [6.07, 6.45) is -2.53. The molecule has 1 saturated heterocycles. The van der Waals surface area contributed by atoms with Crippen LogP contribution < -0.4 is 0 Å². The zero-order valence-electron chi connectivity index (χ0n) is 16.0. The van der Waals surface area contributed by atoms with Crippen molar-refractivity contribution >= 4 is 6.09 Å². The lowest BCUT2D eigenvalue weighted by atomic mass is 9.90. The van der Waals surface area contributed by atoms with E-state index in [0.717, 1.165) is 11.6 Å². The minimum atomic E-state index is -4.58. The molecule has 1 aromatic carbocycles. The number of morpholine rings is 1. The second-order valence-electron chi connectivity index (χ2n) is 8.16. The van der Waals surface area contributed by atoms with Crippen LogP contribution >= 0.6 is 0 Å². The Morgan fingerprint density at radius 2 is 1.96 bits per heavy atom. The first-order valence-electron chi connectivity index (χ1n) is 9.08. The van der Waals surface area contributed by atoms with Gasteiger partial charge in [0.1, 0.15) is 11.4 Å². The van der Waals surface area contributed by atoms with Crippen molar-refractivity contribution in [1.29, 1.82) is 0 Å². The number of fused-ring (bicyclic) bond motifs is 2. The van der Waals surface area contributed by atoms with Crippen molar-refractivity contribution in [2.75, 3.05) is 13.2 Å². The molecule has 0 spiro atoms. The summed E-state index contributed by atoms with van der Waals surface area (Å²) in [4.78, 5) is 14.2. The van der Waals surface area contributed by atoms with Crippen molar-refractivity contribution in [2.24, 2.45) is 0 Å². The predicted molar refractivity (Wildman–Crippen MR) is 94.3 cm³/mol. The van der Waals surface area contributed by atoms with Crippen LogP contribution in [0.5, 0.6) is 0 Å². The van der Waals surface area contributed by atoms with Crippen LogP contribution in [0.15, 0.2) is 29.8 Å². The number of hydrogen-bond donors (Lipinski definition) is 0. The van der Waals surface area contributed by atoms with Crippen LogP contribution in [0, 0.1) is 5.82 Å². The molecule has 2 heterocycles. The zero-order valence-corrected chi connectivity index (χ0v) is 16.0. The van der Waals surface area contributed by atoms with Crippen molar-refractivity contribution in [3.8, 4) is 0 Å². The maximum Gasteiger partial charge on any atom is 0.416 e.